The molecule has 0 nitrogen and oxygen atoms in total. The summed E-state index contributed by atoms with van der Waals surface area (Å²) in [4.78, 5) is 0. The first kappa shape index (κ1) is 20.2. The number of fused-ring (bicyclic) bond motifs is 13. The highest BCUT2D eigenvalue weighted by atomic mass is 14.2. The Morgan fingerprint density at radius 2 is 0.579 bits per heavy atom. The highest BCUT2D eigenvalue weighted by Gasteiger charge is 2.13. The molecule has 0 saturated carbocycles. The van der Waals surface area contributed by atoms with E-state index in [0.717, 1.165) is 0 Å². The zero-order valence-corrected chi connectivity index (χ0v) is 20.7. The molecule has 0 aromatic heterocycles. The first-order valence-electron chi connectivity index (χ1n) is 13.3. The molecule has 0 radical (unpaired) electrons. The standard InChI is InChI=1S/C38H22/c1-2-8-24-18-27-21-29-22-37-25(19-28(29)20-26(27)17-23(24)7-1)13-14-35-33(37)15-16-36-32-11-4-3-9-30(32)31-10-5-6-12-34(31)38(35)36/h1-22H. The number of benzene rings is 9. The lowest BCUT2D eigenvalue weighted by atomic mass is 9.89. The van der Waals surface area contributed by atoms with Gasteiger partial charge < -0.3 is 0 Å². The Morgan fingerprint density at radius 1 is 0.211 bits per heavy atom. The van der Waals surface area contributed by atoms with E-state index in [-0.39, 0.29) is 0 Å². The van der Waals surface area contributed by atoms with Crippen LogP contribution in [0.3, 0.4) is 0 Å². The van der Waals surface area contributed by atoms with Crippen molar-refractivity contribution >= 4 is 86.2 Å². The van der Waals surface area contributed by atoms with Gasteiger partial charge in [-0.05, 0) is 123 Å². The van der Waals surface area contributed by atoms with E-state index in [2.05, 4.69) is 133 Å². The topological polar surface area (TPSA) is 0 Å². The fourth-order valence-corrected chi connectivity index (χ4v) is 6.74. The summed E-state index contributed by atoms with van der Waals surface area (Å²) in [5.74, 6) is 0. The van der Waals surface area contributed by atoms with E-state index in [1.807, 2.05) is 0 Å². The van der Waals surface area contributed by atoms with Gasteiger partial charge in [0, 0.05) is 0 Å². The van der Waals surface area contributed by atoms with Gasteiger partial charge in [-0.15, -0.1) is 0 Å². The van der Waals surface area contributed by atoms with E-state index in [4.69, 9.17) is 0 Å². The normalized spacial score (nSPS) is 12.2. The lowest BCUT2D eigenvalue weighted by molar-refractivity contribution is 1.78. The van der Waals surface area contributed by atoms with Crippen molar-refractivity contribution < 1.29 is 0 Å². The molecule has 0 saturated heterocycles. The number of hydrogen-bond donors (Lipinski definition) is 0. The Labute approximate surface area is 219 Å². The maximum atomic E-state index is 2.40. The van der Waals surface area contributed by atoms with Gasteiger partial charge in [-0.1, -0.05) is 97.1 Å². The third kappa shape index (κ3) is 2.69. The summed E-state index contributed by atoms with van der Waals surface area (Å²) < 4.78 is 0. The third-order valence-corrected chi connectivity index (χ3v) is 8.50. The molecule has 38 heavy (non-hydrogen) atoms. The highest BCUT2D eigenvalue weighted by Crippen LogP contribution is 2.41. The maximum absolute atomic E-state index is 2.40. The van der Waals surface area contributed by atoms with Crippen LogP contribution in [0.2, 0.25) is 0 Å². The van der Waals surface area contributed by atoms with E-state index < -0.39 is 0 Å². The molecule has 0 aliphatic carbocycles. The SMILES string of the molecule is c1ccc2cc3cc4cc5c(ccc6c5ccc5c7ccccc7c7ccccc7c65)cc4cc3cc2c1. The van der Waals surface area contributed by atoms with Gasteiger partial charge in [-0.3, -0.25) is 0 Å². The molecule has 0 atom stereocenters. The minimum Gasteiger partial charge on any atom is -0.0616 e. The summed E-state index contributed by atoms with van der Waals surface area (Å²) >= 11 is 0. The quantitative estimate of drug-likeness (QED) is 0.150. The molecule has 0 bridgehead atoms. The maximum Gasteiger partial charge on any atom is -0.00201 e. The molecule has 0 spiro atoms. The zero-order chi connectivity index (χ0) is 24.8. The molecule has 9 rings (SSSR count). The average molecular weight is 479 g/mol. The van der Waals surface area contributed by atoms with E-state index in [1.165, 1.54) is 86.2 Å². The molecule has 0 heteroatoms. The first-order valence-corrected chi connectivity index (χ1v) is 13.3. The summed E-state index contributed by atoms with van der Waals surface area (Å²) in [7, 11) is 0. The molecule has 0 heterocycles. The van der Waals surface area contributed by atoms with Crippen molar-refractivity contribution in [2.24, 2.45) is 0 Å². The molecule has 9 aromatic carbocycles. The van der Waals surface area contributed by atoms with Crippen LogP contribution in [-0.4, -0.2) is 0 Å². The van der Waals surface area contributed by atoms with Crippen LogP contribution in [-0.2, 0) is 0 Å². The van der Waals surface area contributed by atoms with E-state index in [9.17, 15) is 0 Å². The van der Waals surface area contributed by atoms with Crippen molar-refractivity contribution in [3.05, 3.63) is 133 Å². The predicted octanol–water partition coefficient (Wildman–Crippen LogP) is 10.9. The van der Waals surface area contributed by atoms with Crippen LogP contribution in [0.25, 0.3) is 86.2 Å². The van der Waals surface area contributed by atoms with Gasteiger partial charge in [0.1, 0.15) is 0 Å². The number of rotatable bonds is 0. The Bertz CT molecular complexity index is 2410. The molecule has 0 aliphatic rings. The second-order valence-electron chi connectivity index (χ2n) is 10.6. The second kappa shape index (κ2) is 7.31. The molecule has 0 N–H and O–H groups in total. The lowest BCUT2D eigenvalue weighted by Gasteiger charge is -2.14. The Kier molecular flexibility index (Phi) is 3.88. The van der Waals surface area contributed by atoms with Crippen molar-refractivity contribution in [1.29, 1.82) is 0 Å². The van der Waals surface area contributed by atoms with E-state index in [0.29, 0.717) is 0 Å². The van der Waals surface area contributed by atoms with E-state index in [1.54, 1.807) is 0 Å². The van der Waals surface area contributed by atoms with Crippen LogP contribution in [0.15, 0.2) is 133 Å². The third-order valence-electron chi connectivity index (χ3n) is 8.50. The molecule has 0 unspecified atom stereocenters. The molecular formula is C38H22. The average Bonchev–Trinajstić information content (AvgIpc) is 2.97. The van der Waals surface area contributed by atoms with Gasteiger partial charge in [-0.2, -0.15) is 0 Å². The van der Waals surface area contributed by atoms with E-state index >= 15 is 0 Å². The van der Waals surface area contributed by atoms with Crippen molar-refractivity contribution in [2.45, 2.75) is 0 Å². The fourth-order valence-electron chi connectivity index (χ4n) is 6.74. The predicted molar refractivity (Wildman–Crippen MR) is 166 cm³/mol. The van der Waals surface area contributed by atoms with Crippen molar-refractivity contribution in [1.82, 2.24) is 0 Å². The molecule has 0 fully saturated rings. The monoisotopic (exact) mass is 478 g/mol. The van der Waals surface area contributed by atoms with Crippen LogP contribution in [0.5, 0.6) is 0 Å². The van der Waals surface area contributed by atoms with Crippen LogP contribution < -0.4 is 0 Å². The Morgan fingerprint density at radius 3 is 1.21 bits per heavy atom. The Balaban J connectivity index is 1.42. The zero-order valence-electron chi connectivity index (χ0n) is 20.7. The minimum absolute atomic E-state index is 1.29. The molecule has 0 aliphatic heterocycles. The van der Waals surface area contributed by atoms with Gasteiger partial charge in [0.25, 0.3) is 0 Å². The van der Waals surface area contributed by atoms with Gasteiger partial charge in [0.05, 0.1) is 0 Å². The summed E-state index contributed by atoms with van der Waals surface area (Å²) in [6, 6.07) is 49.7. The molecule has 0 amide bonds. The molecule has 174 valence electrons. The summed E-state index contributed by atoms with van der Waals surface area (Å²) in [5, 5.41) is 20.9. The minimum atomic E-state index is 1.29. The summed E-state index contributed by atoms with van der Waals surface area (Å²) in [6.07, 6.45) is 0. The van der Waals surface area contributed by atoms with Gasteiger partial charge >= 0.3 is 0 Å². The molecule has 9 aromatic rings. The molecular weight excluding hydrogens is 456 g/mol. The van der Waals surface area contributed by atoms with Gasteiger partial charge in [-0.25, -0.2) is 0 Å². The van der Waals surface area contributed by atoms with Crippen LogP contribution >= 0.6 is 0 Å². The summed E-state index contributed by atoms with van der Waals surface area (Å²) in [6.45, 7) is 0. The first-order chi connectivity index (χ1) is 18.8. The van der Waals surface area contributed by atoms with Gasteiger partial charge in [0.2, 0.25) is 0 Å². The smallest absolute Gasteiger partial charge is 0.00201 e. The van der Waals surface area contributed by atoms with Crippen LogP contribution in [0.4, 0.5) is 0 Å². The summed E-state index contributed by atoms with van der Waals surface area (Å²) in [5.41, 5.74) is 0. The Hall–Kier alpha value is -4.94. The lowest BCUT2D eigenvalue weighted by Crippen LogP contribution is -1.86. The van der Waals surface area contributed by atoms with Crippen molar-refractivity contribution in [3.63, 3.8) is 0 Å². The van der Waals surface area contributed by atoms with Crippen LogP contribution in [0.1, 0.15) is 0 Å². The second-order valence-corrected chi connectivity index (χ2v) is 10.6. The van der Waals surface area contributed by atoms with Crippen molar-refractivity contribution in [3.8, 4) is 0 Å². The van der Waals surface area contributed by atoms with Crippen molar-refractivity contribution in [2.75, 3.05) is 0 Å². The highest BCUT2D eigenvalue weighted by molar-refractivity contribution is 6.33. The van der Waals surface area contributed by atoms with Gasteiger partial charge in [0.15, 0.2) is 0 Å². The fraction of sp³-hybridized carbons (Fsp3) is 0. The largest absolute Gasteiger partial charge is 0.0616 e. The van der Waals surface area contributed by atoms with Crippen LogP contribution in [0, 0.1) is 0 Å². The number of hydrogen-bond acceptors (Lipinski definition) is 0.